The van der Waals surface area contributed by atoms with E-state index in [4.69, 9.17) is 5.73 Å². The fourth-order valence-electron chi connectivity index (χ4n) is 1.24. The molecule has 0 aromatic carbocycles. The summed E-state index contributed by atoms with van der Waals surface area (Å²) in [4.78, 5) is 23.3. The molecule has 0 unspecified atom stereocenters. The number of rotatable bonds is 5. The molecule has 0 aromatic rings. The first-order chi connectivity index (χ1) is 6.25. The van der Waals surface area contributed by atoms with Crippen molar-refractivity contribution in [2.75, 3.05) is 13.1 Å². The summed E-state index contributed by atoms with van der Waals surface area (Å²) in [5.41, 5.74) is 5.32. The summed E-state index contributed by atoms with van der Waals surface area (Å²) in [5.74, 6) is -0.393. The highest BCUT2D eigenvalue weighted by atomic mass is 35.5. The zero-order valence-electron chi connectivity index (χ0n) is 8.35. The minimum Gasteiger partial charge on any atom is -0.330 e. The number of hydrogen-bond donors (Lipinski definition) is 1. The number of imide groups is 1. The number of carbonyl (C=O) groups excluding carboxylic acids is 2. The van der Waals surface area contributed by atoms with E-state index in [1.807, 2.05) is 0 Å². The van der Waals surface area contributed by atoms with E-state index >= 15 is 0 Å². The number of unbranched alkanes of at least 4 members (excludes halogenated alkanes) is 2. The van der Waals surface area contributed by atoms with Crippen LogP contribution in [0.15, 0.2) is 12.2 Å². The highest BCUT2D eigenvalue weighted by molar-refractivity contribution is 6.12. The molecule has 15 heavy (non-hydrogen) atoms. The first-order valence-electron chi connectivity index (χ1n) is 4.49. The van der Waals surface area contributed by atoms with Crippen LogP contribution in [0.2, 0.25) is 0 Å². The van der Waals surface area contributed by atoms with E-state index < -0.39 is 0 Å². The second-order valence-electron chi connectivity index (χ2n) is 3.01. The summed E-state index contributed by atoms with van der Waals surface area (Å²) in [6, 6.07) is 0. The summed E-state index contributed by atoms with van der Waals surface area (Å²) >= 11 is 0. The van der Waals surface area contributed by atoms with E-state index in [1.165, 1.54) is 17.1 Å². The lowest BCUT2D eigenvalue weighted by Gasteiger charge is -2.12. The summed E-state index contributed by atoms with van der Waals surface area (Å²) in [6.07, 6.45) is 5.38. The molecule has 88 valence electrons. The third-order valence-electron chi connectivity index (χ3n) is 1.99. The minimum absolute atomic E-state index is 0. The Morgan fingerprint density at radius 2 is 1.53 bits per heavy atom. The van der Waals surface area contributed by atoms with Gasteiger partial charge in [0.1, 0.15) is 0 Å². The second kappa shape index (κ2) is 8.71. The third kappa shape index (κ3) is 5.16. The predicted molar refractivity (Wildman–Crippen MR) is 63.3 cm³/mol. The molecule has 0 aliphatic carbocycles. The molecule has 0 atom stereocenters. The van der Waals surface area contributed by atoms with Crippen molar-refractivity contribution < 1.29 is 9.59 Å². The topological polar surface area (TPSA) is 63.4 Å². The van der Waals surface area contributed by atoms with Crippen LogP contribution in [-0.4, -0.2) is 29.8 Å². The summed E-state index contributed by atoms with van der Waals surface area (Å²) < 4.78 is 0. The Hall–Kier alpha value is -0.580. The highest BCUT2D eigenvalue weighted by Crippen LogP contribution is 2.05. The van der Waals surface area contributed by atoms with Crippen molar-refractivity contribution in [2.45, 2.75) is 19.3 Å². The Bertz CT molecular complexity index is 226. The van der Waals surface area contributed by atoms with Crippen molar-refractivity contribution in [3.63, 3.8) is 0 Å². The van der Waals surface area contributed by atoms with Crippen LogP contribution in [-0.2, 0) is 9.59 Å². The van der Waals surface area contributed by atoms with Crippen LogP contribution in [0, 0.1) is 0 Å². The normalized spacial score (nSPS) is 13.8. The standard InChI is InChI=1S/C9H14N2O2.2ClH/c10-6-2-1-3-7-11-8(12)4-5-9(11)13;;/h4-5H,1-3,6-7,10H2;2*1H. The van der Waals surface area contributed by atoms with Gasteiger partial charge in [0.05, 0.1) is 0 Å². The van der Waals surface area contributed by atoms with Crippen molar-refractivity contribution >= 4 is 36.6 Å². The monoisotopic (exact) mass is 254 g/mol. The molecule has 6 heteroatoms. The van der Waals surface area contributed by atoms with Gasteiger partial charge in [0.25, 0.3) is 11.8 Å². The smallest absolute Gasteiger partial charge is 0.253 e. The first-order valence-corrected chi connectivity index (χ1v) is 4.49. The SMILES string of the molecule is Cl.Cl.NCCCCCN1C(=O)C=CC1=O. The summed E-state index contributed by atoms with van der Waals surface area (Å²) in [5, 5.41) is 0. The van der Waals surface area contributed by atoms with Gasteiger partial charge in [-0.05, 0) is 19.4 Å². The zero-order chi connectivity index (χ0) is 9.68. The molecule has 0 bridgehead atoms. The van der Waals surface area contributed by atoms with Gasteiger partial charge < -0.3 is 5.73 Å². The van der Waals surface area contributed by atoms with Crippen LogP contribution in [0.5, 0.6) is 0 Å². The van der Waals surface area contributed by atoms with Crippen molar-refractivity contribution in [2.24, 2.45) is 5.73 Å². The lowest BCUT2D eigenvalue weighted by molar-refractivity contribution is -0.136. The van der Waals surface area contributed by atoms with Gasteiger partial charge in [-0.15, -0.1) is 24.8 Å². The van der Waals surface area contributed by atoms with E-state index in [2.05, 4.69) is 0 Å². The van der Waals surface area contributed by atoms with Gasteiger partial charge in [0.15, 0.2) is 0 Å². The molecule has 0 radical (unpaired) electrons. The average Bonchev–Trinajstić information content (AvgIpc) is 2.42. The molecule has 4 nitrogen and oxygen atoms in total. The molecule has 0 spiro atoms. The van der Waals surface area contributed by atoms with Gasteiger partial charge in [0.2, 0.25) is 0 Å². The number of hydrogen-bond acceptors (Lipinski definition) is 3. The van der Waals surface area contributed by atoms with Crippen molar-refractivity contribution in [1.82, 2.24) is 4.90 Å². The van der Waals surface area contributed by atoms with Crippen LogP contribution < -0.4 is 5.73 Å². The van der Waals surface area contributed by atoms with Gasteiger partial charge in [0, 0.05) is 18.7 Å². The molecule has 1 aliphatic rings. The van der Waals surface area contributed by atoms with Crippen LogP contribution in [0.3, 0.4) is 0 Å². The van der Waals surface area contributed by atoms with Crippen LogP contribution >= 0.6 is 24.8 Å². The number of nitrogens with zero attached hydrogens (tertiary/aromatic N) is 1. The molecular formula is C9H16Cl2N2O2. The van der Waals surface area contributed by atoms with Crippen molar-refractivity contribution in [3.05, 3.63) is 12.2 Å². The number of nitrogens with two attached hydrogens (primary N) is 1. The first kappa shape index (κ1) is 16.8. The molecule has 2 N–H and O–H groups in total. The van der Waals surface area contributed by atoms with Crippen LogP contribution in [0.1, 0.15) is 19.3 Å². The lowest BCUT2D eigenvalue weighted by atomic mass is 10.2. The summed E-state index contributed by atoms with van der Waals surface area (Å²) in [7, 11) is 0. The Morgan fingerprint density at radius 3 is 2.00 bits per heavy atom. The minimum atomic E-state index is -0.197. The maximum atomic E-state index is 11.0. The van der Waals surface area contributed by atoms with Crippen molar-refractivity contribution in [3.8, 4) is 0 Å². The van der Waals surface area contributed by atoms with Crippen molar-refractivity contribution in [1.29, 1.82) is 0 Å². The van der Waals surface area contributed by atoms with Crippen LogP contribution in [0.4, 0.5) is 0 Å². The van der Waals surface area contributed by atoms with E-state index in [-0.39, 0.29) is 36.6 Å². The second-order valence-corrected chi connectivity index (χ2v) is 3.01. The quantitative estimate of drug-likeness (QED) is 0.586. The Balaban J connectivity index is 0. The van der Waals surface area contributed by atoms with Gasteiger partial charge in [-0.3, -0.25) is 14.5 Å². The van der Waals surface area contributed by atoms with Gasteiger partial charge in [-0.1, -0.05) is 6.42 Å². The van der Waals surface area contributed by atoms with E-state index in [0.717, 1.165) is 19.3 Å². The molecule has 0 fully saturated rings. The zero-order valence-corrected chi connectivity index (χ0v) is 9.98. The molecule has 0 saturated carbocycles. The molecule has 1 rings (SSSR count). The number of amides is 2. The largest absolute Gasteiger partial charge is 0.330 e. The Morgan fingerprint density at radius 1 is 1.00 bits per heavy atom. The average molecular weight is 255 g/mol. The molecule has 2 amide bonds. The van der Waals surface area contributed by atoms with Gasteiger partial charge >= 0.3 is 0 Å². The predicted octanol–water partition coefficient (Wildman–Crippen LogP) is 0.884. The molecule has 1 heterocycles. The third-order valence-corrected chi connectivity index (χ3v) is 1.99. The Kier molecular flexibility index (Phi) is 9.77. The van der Waals surface area contributed by atoms with Gasteiger partial charge in [-0.2, -0.15) is 0 Å². The van der Waals surface area contributed by atoms with E-state index in [1.54, 1.807) is 0 Å². The van der Waals surface area contributed by atoms with E-state index in [0.29, 0.717) is 13.1 Å². The number of carbonyl (C=O) groups is 2. The summed E-state index contributed by atoms with van der Waals surface area (Å²) in [6.45, 7) is 1.19. The van der Waals surface area contributed by atoms with Gasteiger partial charge in [-0.25, -0.2) is 0 Å². The highest BCUT2D eigenvalue weighted by Gasteiger charge is 2.21. The fourth-order valence-corrected chi connectivity index (χ4v) is 1.24. The Labute approximate surface area is 102 Å². The molecular weight excluding hydrogens is 239 g/mol. The lowest BCUT2D eigenvalue weighted by Crippen LogP contribution is -2.30. The number of halogens is 2. The van der Waals surface area contributed by atoms with E-state index in [9.17, 15) is 9.59 Å². The molecule has 1 aliphatic heterocycles. The molecule has 0 aromatic heterocycles. The van der Waals surface area contributed by atoms with Crippen LogP contribution in [0.25, 0.3) is 0 Å². The maximum Gasteiger partial charge on any atom is 0.253 e. The fraction of sp³-hybridized carbons (Fsp3) is 0.556. The molecule has 0 saturated heterocycles. The maximum absolute atomic E-state index is 11.0.